The van der Waals surface area contributed by atoms with Gasteiger partial charge in [-0.05, 0) is 60.7 Å². The van der Waals surface area contributed by atoms with Gasteiger partial charge in [-0.25, -0.2) is 4.79 Å². The molecule has 0 amide bonds. The van der Waals surface area contributed by atoms with Crippen LogP contribution in [-0.4, -0.2) is 16.2 Å². The average Bonchev–Trinajstić information content (AvgIpc) is 2.41. The molecule has 0 aromatic heterocycles. The SMILES string of the molecule is NC(=S)Nc1ccc(Oc2ccc(C(=O)O)cc2)cc1. The molecule has 0 aliphatic carbocycles. The molecule has 0 saturated heterocycles. The van der Waals surface area contributed by atoms with E-state index in [1.54, 1.807) is 36.4 Å². The van der Waals surface area contributed by atoms with Crippen LogP contribution in [0.15, 0.2) is 48.5 Å². The van der Waals surface area contributed by atoms with Crippen molar-refractivity contribution in [3.63, 3.8) is 0 Å². The van der Waals surface area contributed by atoms with E-state index in [9.17, 15) is 4.79 Å². The van der Waals surface area contributed by atoms with Gasteiger partial charge in [0.2, 0.25) is 0 Å². The third kappa shape index (κ3) is 3.69. The monoisotopic (exact) mass is 288 g/mol. The van der Waals surface area contributed by atoms with E-state index >= 15 is 0 Å². The van der Waals surface area contributed by atoms with Crippen LogP contribution >= 0.6 is 12.2 Å². The predicted octanol–water partition coefficient (Wildman–Crippen LogP) is 2.83. The van der Waals surface area contributed by atoms with E-state index in [0.717, 1.165) is 5.69 Å². The van der Waals surface area contributed by atoms with E-state index in [4.69, 9.17) is 27.8 Å². The first-order valence-corrected chi connectivity index (χ1v) is 6.13. The summed E-state index contributed by atoms with van der Waals surface area (Å²) in [6.45, 7) is 0. The van der Waals surface area contributed by atoms with Crippen LogP contribution in [0, 0.1) is 0 Å². The molecule has 2 aromatic carbocycles. The lowest BCUT2D eigenvalue weighted by Crippen LogP contribution is -2.18. The summed E-state index contributed by atoms with van der Waals surface area (Å²) < 4.78 is 5.59. The summed E-state index contributed by atoms with van der Waals surface area (Å²) in [5, 5.41) is 11.8. The van der Waals surface area contributed by atoms with Crippen molar-refractivity contribution in [2.45, 2.75) is 0 Å². The molecule has 2 rings (SSSR count). The van der Waals surface area contributed by atoms with Gasteiger partial charge >= 0.3 is 5.97 Å². The molecule has 0 spiro atoms. The van der Waals surface area contributed by atoms with Crippen molar-refractivity contribution in [3.05, 3.63) is 54.1 Å². The highest BCUT2D eigenvalue weighted by molar-refractivity contribution is 7.80. The van der Waals surface area contributed by atoms with Gasteiger partial charge in [-0.15, -0.1) is 0 Å². The molecule has 102 valence electrons. The zero-order valence-electron chi connectivity index (χ0n) is 10.4. The van der Waals surface area contributed by atoms with Crippen molar-refractivity contribution >= 4 is 29.0 Å². The van der Waals surface area contributed by atoms with Gasteiger partial charge in [0.15, 0.2) is 5.11 Å². The first-order chi connectivity index (χ1) is 9.54. The Morgan fingerprint density at radius 1 is 1.05 bits per heavy atom. The molecule has 5 nitrogen and oxygen atoms in total. The van der Waals surface area contributed by atoms with Gasteiger partial charge in [0, 0.05) is 5.69 Å². The number of nitrogens with two attached hydrogens (primary N) is 1. The molecule has 0 aliphatic rings. The van der Waals surface area contributed by atoms with Crippen LogP contribution in [0.25, 0.3) is 0 Å². The highest BCUT2D eigenvalue weighted by Crippen LogP contribution is 2.23. The molecule has 4 N–H and O–H groups in total. The van der Waals surface area contributed by atoms with Crippen molar-refractivity contribution in [1.29, 1.82) is 0 Å². The Labute approximate surface area is 121 Å². The zero-order chi connectivity index (χ0) is 14.5. The summed E-state index contributed by atoms with van der Waals surface area (Å²) in [5.74, 6) is 0.219. The summed E-state index contributed by atoms with van der Waals surface area (Å²) in [5.41, 5.74) is 6.35. The van der Waals surface area contributed by atoms with Crippen LogP contribution < -0.4 is 15.8 Å². The molecule has 2 aromatic rings. The Morgan fingerprint density at radius 2 is 1.55 bits per heavy atom. The number of carboxylic acids is 1. The number of rotatable bonds is 4. The quantitative estimate of drug-likeness (QED) is 0.750. The lowest BCUT2D eigenvalue weighted by Gasteiger charge is -2.08. The molecular weight excluding hydrogens is 276 g/mol. The molecule has 6 heteroatoms. The fourth-order valence-corrected chi connectivity index (χ4v) is 1.67. The third-order valence-electron chi connectivity index (χ3n) is 2.46. The summed E-state index contributed by atoms with van der Waals surface area (Å²) in [7, 11) is 0. The van der Waals surface area contributed by atoms with Crippen LogP contribution in [0.5, 0.6) is 11.5 Å². The van der Waals surface area contributed by atoms with Gasteiger partial charge in [0.25, 0.3) is 0 Å². The van der Waals surface area contributed by atoms with Crippen molar-refractivity contribution in [3.8, 4) is 11.5 Å². The fraction of sp³-hybridized carbons (Fsp3) is 0. The standard InChI is InChI=1S/C14H12N2O3S/c15-14(20)16-10-3-7-12(8-4-10)19-11-5-1-9(2-6-11)13(17)18/h1-8H,(H,17,18)(H3,15,16,20). The first kappa shape index (κ1) is 13.8. The number of benzene rings is 2. The lowest BCUT2D eigenvalue weighted by atomic mass is 10.2. The number of hydrogen-bond donors (Lipinski definition) is 3. The van der Waals surface area contributed by atoms with Crippen molar-refractivity contribution in [2.75, 3.05) is 5.32 Å². The lowest BCUT2D eigenvalue weighted by molar-refractivity contribution is 0.0697. The van der Waals surface area contributed by atoms with Crippen LogP contribution in [-0.2, 0) is 0 Å². The summed E-state index contributed by atoms with van der Waals surface area (Å²) in [6, 6.07) is 13.2. The predicted molar refractivity (Wildman–Crippen MR) is 80.3 cm³/mol. The second kappa shape index (κ2) is 6.03. The minimum Gasteiger partial charge on any atom is -0.478 e. The maximum Gasteiger partial charge on any atom is 0.335 e. The highest BCUT2D eigenvalue weighted by atomic mass is 32.1. The minimum atomic E-state index is -0.968. The van der Waals surface area contributed by atoms with Gasteiger partial charge in [-0.3, -0.25) is 0 Å². The molecule has 0 aliphatic heterocycles. The van der Waals surface area contributed by atoms with Gasteiger partial charge in [0.05, 0.1) is 5.56 Å². The maximum absolute atomic E-state index is 10.7. The normalized spacial score (nSPS) is 9.80. The number of nitrogens with one attached hydrogen (secondary N) is 1. The highest BCUT2D eigenvalue weighted by Gasteiger charge is 2.03. The van der Waals surface area contributed by atoms with E-state index in [2.05, 4.69) is 5.32 Å². The number of aromatic carboxylic acids is 1. The first-order valence-electron chi connectivity index (χ1n) is 5.72. The smallest absolute Gasteiger partial charge is 0.335 e. The molecule has 0 unspecified atom stereocenters. The second-order valence-corrected chi connectivity index (χ2v) is 4.39. The number of anilines is 1. The number of thiocarbonyl (C=S) groups is 1. The van der Waals surface area contributed by atoms with Crippen LogP contribution in [0.1, 0.15) is 10.4 Å². The largest absolute Gasteiger partial charge is 0.478 e. The number of carbonyl (C=O) groups is 1. The number of hydrogen-bond acceptors (Lipinski definition) is 3. The molecule has 0 fully saturated rings. The van der Waals surface area contributed by atoms with Crippen molar-refractivity contribution < 1.29 is 14.6 Å². The Bertz CT molecular complexity index is 624. The van der Waals surface area contributed by atoms with E-state index in [-0.39, 0.29) is 10.7 Å². The Kier molecular flexibility index (Phi) is 4.17. The molecule has 0 saturated carbocycles. The van der Waals surface area contributed by atoms with E-state index in [1.165, 1.54) is 12.1 Å². The number of carboxylic acid groups (broad SMARTS) is 1. The van der Waals surface area contributed by atoms with Crippen LogP contribution in [0.3, 0.4) is 0 Å². The second-order valence-electron chi connectivity index (χ2n) is 3.95. The van der Waals surface area contributed by atoms with E-state index in [0.29, 0.717) is 11.5 Å². The molecular formula is C14H12N2O3S. The summed E-state index contributed by atoms with van der Waals surface area (Å²) in [4.78, 5) is 10.7. The Morgan fingerprint density at radius 3 is 2.00 bits per heavy atom. The van der Waals surface area contributed by atoms with Crippen LogP contribution in [0.4, 0.5) is 5.69 Å². The zero-order valence-corrected chi connectivity index (χ0v) is 11.2. The van der Waals surface area contributed by atoms with Gasteiger partial charge in [-0.1, -0.05) is 0 Å². The Hall–Kier alpha value is -2.60. The topological polar surface area (TPSA) is 84.6 Å². The molecule has 0 heterocycles. The van der Waals surface area contributed by atoms with Gasteiger partial charge in [-0.2, -0.15) is 0 Å². The van der Waals surface area contributed by atoms with E-state index < -0.39 is 5.97 Å². The van der Waals surface area contributed by atoms with Crippen molar-refractivity contribution in [2.24, 2.45) is 5.73 Å². The maximum atomic E-state index is 10.7. The Balaban J connectivity index is 2.06. The van der Waals surface area contributed by atoms with Crippen molar-refractivity contribution in [1.82, 2.24) is 0 Å². The van der Waals surface area contributed by atoms with Crippen LogP contribution in [0.2, 0.25) is 0 Å². The molecule has 0 atom stereocenters. The number of ether oxygens (including phenoxy) is 1. The molecule has 0 radical (unpaired) electrons. The minimum absolute atomic E-state index is 0.197. The van der Waals surface area contributed by atoms with E-state index in [1.807, 2.05) is 0 Å². The molecule has 20 heavy (non-hydrogen) atoms. The third-order valence-corrected chi connectivity index (χ3v) is 2.56. The van der Waals surface area contributed by atoms with Gasteiger partial charge in [0.1, 0.15) is 11.5 Å². The fourth-order valence-electron chi connectivity index (χ4n) is 1.55. The van der Waals surface area contributed by atoms with Gasteiger partial charge < -0.3 is 20.9 Å². The summed E-state index contributed by atoms with van der Waals surface area (Å²) in [6.07, 6.45) is 0. The average molecular weight is 288 g/mol. The molecule has 0 bridgehead atoms. The summed E-state index contributed by atoms with van der Waals surface area (Å²) >= 11 is 4.74.